The van der Waals surface area contributed by atoms with E-state index in [-0.39, 0.29) is 11.3 Å². The second kappa shape index (κ2) is 6.69. The van der Waals surface area contributed by atoms with Crippen LogP contribution in [0.25, 0.3) is 0 Å². The minimum Gasteiger partial charge on any atom is -0.461 e. The van der Waals surface area contributed by atoms with E-state index in [1.165, 1.54) is 0 Å². The normalized spacial score (nSPS) is 17.9. The lowest BCUT2D eigenvalue weighted by Crippen LogP contribution is -2.45. The van der Waals surface area contributed by atoms with Crippen LogP contribution in [-0.2, 0) is 14.9 Å². The van der Waals surface area contributed by atoms with Gasteiger partial charge in [0.2, 0.25) is 12.2 Å². The summed E-state index contributed by atoms with van der Waals surface area (Å²) < 4.78 is 11.7. The van der Waals surface area contributed by atoms with Gasteiger partial charge in [0.05, 0.1) is 18.8 Å². The zero-order chi connectivity index (χ0) is 16.3. The molecule has 122 valence electrons. The van der Waals surface area contributed by atoms with Crippen LogP contribution >= 0.6 is 0 Å². The summed E-state index contributed by atoms with van der Waals surface area (Å²) in [5.74, 6) is 0.751. The molecule has 4 nitrogen and oxygen atoms in total. The lowest BCUT2D eigenvalue weighted by molar-refractivity contribution is -0.120. The maximum Gasteiger partial charge on any atom is 0.224 e. The summed E-state index contributed by atoms with van der Waals surface area (Å²) in [4.78, 5) is 13.9. The van der Waals surface area contributed by atoms with E-state index >= 15 is 0 Å². The van der Waals surface area contributed by atoms with E-state index in [0.717, 1.165) is 29.8 Å². The Kier molecular flexibility index (Phi) is 5.12. The molecule has 0 aliphatic carbocycles. The first kappa shape index (κ1) is 16.8. The van der Waals surface area contributed by atoms with E-state index in [0.29, 0.717) is 13.2 Å². The predicted molar refractivity (Wildman–Crippen MR) is 88.4 cm³/mol. The SMILES string of the molecule is CCCCOC1CN(C(C)=O)c2c(cccc2C(C)(C)C)O1. The fourth-order valence-electron chi connectivity index (χ4n) is 2.65. The van der Waals surface area contributed by atoms with Crippen LogP contribution in [0.15, 0.2) is 18.2 Å². The number of unbranched alkanes of at least 4 members (excludes halogenated alkanes) is 1. The average molecular weight is 305 g/mol. The topological polar surface area (TPSA) is 38.8 Å². The fourth-order valence-corrected chi connectivity index (χ4v) is 2.65. The maximum atomic E-state index is 12.1. The van der Waals surface area contributed by atoms with Crippen LogP contribution in [0.5, 0.6) is 5.75 Å². The monoisotopic (exact) mass is 305 g/mol. The molecule has 1 aromatic rings. The molecule has 1 atom stereocenters. The zero-order valence-electron chi connectivity index (χ0n) is 14.3. The molecule has 1 aliphatic rings. The smallest absolute Gasteiger partial charge is 0.224 e. The number of benzene rings is 1. The van der Waals surface area contributed by atoms with Gasteiger partial charge in [-0.05, 0) is 23.5 Å². The highest BCUT2D eigenvalue weighted by molar-refractivity contribution is 5.95. The second-order valence-corrected chi connectivity index (χ2v) is 6.80. The predicted octanol–water partition coefficient (Wildman–Crippen LogP) is 3.87. The van der Waals surface area contributed by atoms with E-state index in [2.05, 4.69) is 33.8 Å². The van der Waals surface area contributed by atoms with Crippen molar-refractivity contribution in [3.05, 3.63) is 23.8 Å². The number of carbonyl (C=O) groups excluding carboxylic acids is 1. The summed E-state index contributed by atoms with van der Waals surface area (Å²) in [6, 6.07) is 5.96. The molecule has 0 spiro atoms. The van der Waals surface area contributed by atoms with Gasteiger partial charge in [-0.3, -0.25) is 4.79 Å². The molecule has 1 heterocycles. The Balaban J connectivity index is 2.34. The van der Waals surface area contributed by atoms with Crippen molar-refractivity contribution in [3.8, 4) is 5.75 Å². The van der Waals surface area contributed by atoms with Crippen LogP contribution in [0.1, 0.15) is 53.0 Å². The van der Waals surface area contributed by atoms with E-state index in [9.17, 15) is 4.79 Å². The lowest BCUT2D eigenvalue weighted by atomic mass is 9.85. The van der Waals surface area contributed by atoms with Gasteiger partial charge in [-0.25, -0.2) is 0 Å². The van der Waals surface area contributed by atoms with Gasteiger partial charge in [-0.15, -0.1) is 0 Å². The van der Waals surface area contributed by atoms with Gasteiger partial charge in [-0.2, -0.15) is 0 Å². The third-order valence-corrected chi connectivity index (χ3v) is 3.85. The molecular formula is C18H27NO3. The Labute approximate surface area is 133 Å². The lowest BCUT2D eigenvalue weighted by Gasteiger charge is -2.37. The van der Waals surface area contributed by atoms with E-state index in [1.54, 1.807) is 11.8 Å². The van der Waals surface area contributed by atoms with Crippen molar-refractivity contribution >= 4 is 11.6 Å². The molecule has 0 saturated carbocycles. The van der Waals surface area contributed by atoms with Gasteiger partial charge in [0, 0.05) is 6.92 Å². The zero-order valence-corrected chi connectivity index (χ0v) is 14.3. The first-order chi connectivity index (χ1) is 10.3. The molecule has 1 unspecified atom stereocenters. The van der Waals surface area contributed by atoms with Crippen LogP contribution in [0.3, 0.4) is 0 Å². The quantitative estimate of drug-likeness (QED) is 0.793. The van der Waals surface area contributed by atoms with Crippen LogP contribution in [0.4, 0.5) is 5.69 Å². The number of amides is 1. The Bertz CT molecular complexity index is 534. The first-order valence-electron chi connectivity index (χ1n) is 8.04. The summed E-state index contributed by atoms with van der Waals surface area (Å²) in [7, 11) is 0. The molecule has 0 fully saturated rings. The largest absolute Gasteiger partial charge is 0.461 e. The standard InChI is InChI=1S/C18H27NO3/c1-6-7-11-21-16-12-19(13(2)20)17-14(18(3,4)5)9-8-10-15(17)22-16/h8-10,16H,6-7,11-12H2,1-5H3. The second-order valence-electron chi connectivity index (χ2n) is 6.80. The number of carbonyl (C=O) groups is 1. The van der Waals surface area contributed by atoms with Gasteiger partial charge < -0.3 is 14.4 Å². The highest BCUT2D eigenvalue weighted by Crippen LogP contribution is 2.42. The molecular weight excluding hydrogens is 278 g/mol. The van der Waals surface area contributed by atoms with Crippen molar-refractivity contribution in [2.24, 2.45) is 0 Å². The molecule has 0 N–H and O–H groups in total. The van der Waals surface area contributed by atoms with Crippen LogP contribution in [0.2, 0.25) is 0 Å². The molecule has 1 aromatic carbocycles. The van der Waals surface area contributed by atoms with Crippen molar-refractivity contribution in [2.75, 3.05) is 18.1 Å². The van der Waals surface area contributed by atoms with Crippen molar-refractivity contribution in [1.82, 2.24) is 0 Å². The van der Waals surface area contributed by atoms with Gasteiger partial charge in [-0.1, -0.05) is 46.2 Å². The summed E-state index contributed by atoms with van der Waals surface area (Å²) in [5, 5.41) is 0. The highest BCUT2D eigenvalue weighted by Gasteiger charge is 2.33. The summed E-state index contributed by atoms with van der Waals surface area (Å²) >= 11 is 0. The van der Waals surface area contributed by atoms with Gasteiger partial charge in [0.1, 0.15) is 5.75 Å². The third-order valence-electron chi connectivity index (χ3n) is 3.85. The molecule has 0 aromatic heterocycles. The molecule has 4 heteroatoms. The van der Waals surface area contributed by atoms with E-state index in [4.69, 9.17) is 9.47 Å². The molecule has 22 heavy (non-hydrogen) atoms. The van der Waals surface area contributed by atoms with E-state index in [1.807, 2.05) is 12.1 Å². The van der Waals surface area contributed by atoms with Crippen molar-refractivity contribution in [2.45, 2.75) is 59.2 Å². The van der Waals surface area contributed by atoms with Crippen LogP contribution in [-0.4, -0.2) is 25.3 Å². The van der Waals surface area contributed by atoms with E-state index < -0.39 is 6.29 Å². The fraction of sp³-hybridized carbons (Fsp3) is 0.611. The Morgan fingerprint density at radius 1 is 1.41 bits per heavy atom. The number of ether oxygens (including phenoxy) is 2. The van der Waals surface area contributed by atoms with Crippen LogP contribution in [0, 0.1) is 0 Å². The number of nitrogens with zero attached hydrogens (tertiary/aromatic N) is 1. The van der Waals surface area contributed by atoms with Gasteiger partial charge in [0.15, 0.2) is 0 Å². The minimum absolute atomic E-state index is 0.0188. The number of fused-ring (bicyclic) bond motifs is 1. The van der Waals surface area contributed by atoms with Gasteiger partial charge in [0.25, 0.3) is 0 Å². The van der Waals surface area contributed by atoms with Gasteiger partial charge >= 0.3 is 0 Å². The Hall–Kier alpha value is -1.55. The number of para-hydroxylation sites is 1. The number of rotatable bonds is 4. The highest BCUT2D eigenvalue weighted by atomic mass is 16.7. The average Bonchev–Trinajstić information content (AvgIpc) is 2.44. The Morgan fingerprint density at radius 3 is 2.73 bits per heavy atom. The molecule has 0 bridgehead atoms. The number of hydrogen-bond donors (Lipinski definition) is 0. The summed E-state index contributed by atoms with van der Waals surface area (Å²) in [6.45, 7) is 11.2. The summed E-state index contributed by atoms with van der Waals surface area (Å²) in [5.41, 5.74) is 1.95. The summed E-state index contributed by atoms with van der Waals surface area (Å²) in [6.07, 6.45) is 1.68. The first-order valence-corrected chi connectivity index (χ1v) is 8.04. The molecule has 0 saturated heterocycles. The molecule has 0 radical (unpaired) electrons. The number of hydrogen-bond acceptors (Lipinski definition) is 3. The third kappa shape index (κ3) is 3.61. The molecule has 2 rings (SSSR count). The Morgan fingerprint density at radius 2 is 2.14 bits per heavy atom. The van der Waals surface area contributed by atoms with Crippen LogP contribution < -0.4 is 9.64 Å². The molecule has 1 aliphatic heterocycles. The maximum absolute atomic E-state index is 12.1. The molecule has 1 amide bonds. The number of anilines is 1. The van der Waals surface area contributed by atoms with Crippen molar-refractivity contribution < 1.29 is 14.3 Å². The minimum atomic E-state index is -0.391. The van der Waals surface area contributed by atoms with Crippen molar-refractivity contribution in [3.63, 3.8) is 0 Å². The van der Waals surface area contributed by atoms with Crippen molar-refractivity contribution in [1.29, 1.82) is 0 Å².